The Bertz CT molecular complexity index is 7580. The van der Waals surface area contributed by atoms with Crippen molar-refractivity contribution in [2.75, 3.05) is 0 Å². The molecule has 0 amide bonds. The maximum absolute atomic E-state index is 2.54. The number of hydrogen-bond acceptors (Lipinski definition) is 0. The van der Waals surface area contributed by atoms with Crippen LogP contribution in [0.25, 0.3) is 197 Å². The molecule has 0 unspecified atom stereocenters. The molecule has 0 radical (unpaired) electrons. The standard InChI is InChI=1S/2C51H34N2/c1-51(2)45-23-10-7-20-37(45)42-28-44-43-27-40-35-18-5-3-16-33(35)34-17-4-6-19-36(34)41(40)29-49(43)53(50(44)30-46(42)51)32-15-13-14-31(26-32)52-47-24-11-8-21-38(47)39-22-9-12-25-48(39)52;1-51(2)45-22-12-10-20-37(45)41-28-44-43-27-39-35-18-8-6-16-33(35)34-17-7-9-19-36(34)40(39)29-49(43)53(50(44)30-46(41)51)32-24-25-48-42(26-32)38-21-11-13-23-47(38)52(48)31-14-4-3-5-15-31/h2*3-30H,1-2H3. The Hall–Kier alpha value is -13.3. The van der Waals surface area contributed by atoms with Crippen molar-refractivity contribution in [2.24, 2.45) is 0 Å². The lowest BCUT2D eigenvalue weighted by Crippen LogP contribution is -2.15. The van der Waals surface area contributed by atoms with Crippen LogP contribution in [0.3, 0.4) is 0 Å². The molecule has 4 heteroatoms. The molecule has 0 saturated carbocycles. The first kappa shape index (κ1) is 59.3. The molecule has 0 spiro atoms. The molecule has 0 atom stereocenters. The molecule has 0 fully saturated rings. The second kappa shape index (κ2) is 21.7. The molecule has 24 rings (SSSR count). The van der Waals surface area contributed by atoms with Gasteiger partial charge >= 0.3 is 0 Å². The fraction of sp³-hybridized carbons (Fsp3) is 0.0588. The van der Waals surface area contributed by atoms with Gasteiger partial charge in [-0.15, -0.1) is 0 Å². The Balaban J connectivity index is 0.000000129. The summed E-state index contributed by atoms with van der Waals surface area (Å²) in [5.41, 5.74) is 25.2. The van der Waals surface area contributed by atoms with E-state index in [1.807, 2.05) is 0 Å². The average Bonchev–Trinajstić information content (AvgIpc) is 1.52. The van der Waals surface area contributed by atoms with Gasteiger partial charge < -0.3 is 18.3 Å². The fourth-order valence-corrected chi connectivity index (χ4v) is 19.7. The van der Waals surface area contributed by atoms with Crippen LogP contribution in [0.1, 0.15) is 49.9 Å². The van der Waals surface area contributed by atoms with Crippen LogP contribution >= 0.6 is 0 Å². The van der Waals surface area contributed by atoms with Gasteiger partial charge in [-0.05, 0) is 224 Å². The summed E-state index contributed by atoms with van der Waals surface area (Å²) in [7, 11) is 0. The Morgan fingerprint density at radius 2 is 0.434 bits per heavy atom. The van der Waals surface area contributed by atoms with E-state index in [2.05, 4.69) is 386 Å². The fourth-order valence-electron chi connectivity index (χ4n) is 19.7. The number of benzene rings is 18. The van der Waals surface area contributed by atoms with Crippen molar-refractivity contribution < 1.29 is 0 Å². The molecule has 4 aromatic heterocycles. The van der Waals surface area contributed by atoms with Crippen molar-refractivity contribution in [1.82, 2.24) is 18.3 Å². The van der Waals surface area contributed by atoms with Crippen LogP contribution < -0.4 is 0 Å². The smallest absolute Gasteiger partial charge is 0.0547 e. The van der Waals surface area contributed by atoms with E-state index >= 15 is 0 Å². The minimum absolute atomic E-state index is 0.106. The molecule has 4 nitrogen and oxygen atoms in total. The summed E-state index contributed by atoms with van der Waals surface area (Å²) in [6.07, 6.45) is 0. The van der Waals surface area contributed by atoms with Crippen LogP contribution in [0.15, 0.2) is 340 Å². The molecule has 0 aliphatic heterocycles. The van der Waals surface area contributed by atoms with Crippen LogP contribution in [0.4, 0.5) is 0 Å². The Morgan fingerprint density at radius 3 is 0.868 bits per heavy atom. The molecule has 2 aliphatic rings. The second-order valence-corrected chi connectivity index (χ2v) is 30.6. The molecule has 18 aromatic carbocycles. The Labute approximate surface area is 611 Å². The molecule has 0 saturated heterocycles. The van der Waals surface area contributed by atoms with Crippen molar-refractivity contribution in [3.05, 3.63) is 362 Å². The molecule has 496 valence electrons. The van der Waals surface area contributed by atoms with E-state index in [4.69, 9.17) is 0 Å². The number of hydrogen-bond donors (Lipinski definition) is 0. The predicted molar refractivity (Wildman–Crippen MR) is 450 cm³/mol. The quantitative estimate of drug-likeness (QED) is 0.157. The van der Waals surface area contributed by atoms with Gasteiger partial charge in [0, 0.05) is 76.7 Å². The largest absolute Gasteiger partial charge is 0.309 e. The van der Waals surface area contributed by atoms with E-state index in [1.165, 1.54) is 208 Å². The first-order valence-corrected chi connectivity index (χ1v) is 37.2. The molecular formula is C102H68N4. The van der Waals surface area contributed by atoms with Crippen molar-refractivity contribution in [3.63, 3.8) is 0 Å². The highest BCUT2D eigenvalue weighted by molar-refractivity contribution is 6.31. The highest BCUT2D eigenvalue weighted by Gasteiger charge is 2.38. The summed E-state index contributed by atoms with van der Waals surface area (Å²) in [6.45, 7) is 9.53. The van der Waals surface area contributed by atoms with Gasteiger partial charge in [0.05, 0.1) is 44.1 Å². The number of fused-ring (bicyclic) bond motifs is 30. The zero-order valence-corrected chi connectivity index (χ0v) is 59.1. The van der Waals surface area contributed by atoms with Gasteiger partial charge in [0.1, 0.15) is 0 Å². The lowest BCUT2D eigenvalue weighted by atomic mass is 9.82. The van der Waals surface area contributed by atoms with Gasteiger partial charge in [0.2, 0.25) is 0 Å². The minimum Gasteiger partial charge on any atom is -0.309 e. The van der Waals surface area contributed by atoms with Crippen molar-refractivity contribution in [1.29, 1.82) is 0 Å². The van der Waals surface area contributed by atoms with Crippen LogP contribution in [0, 0.1) is 0 Å². The van der Waals surface area contributed by atoms with Crippen molar-refractivity contribution >= 4 is 152 Å². The number of para-hydroxylation sites is 4. The topological polar surface area (TPSA) is 19.7 Å². The van der Waals surface area contributed by atoms with Crippen LogP contribution in [-0.4, -0.2) is 18.3 Å². The number of rotatable bonds is 4. The molecule has 0 N–H and O–H groups in total. The first-order chi connectivity index (χ1) is 52.1. The maximum Gasteiger partial charge on any atom is 0.0547 e. The monoisotopic (exact) mass is 1350 g/mol. The zero-order chi connectivity index (χ0) is 70.0. The lowest BCUT2D eigenvalue weighted by molar-refractivity contribution is 0.661. The molecule has 22 aromatic rings. The third-order valence-corrected chi connectivity index (χ3v) is 24.5. The summed E-state index contributed by atoms with van der Waals surface area (Å²) in [4.78, 5) is 0. The zero-order valence-electron chi connectivity index (χ0n) is 59.1. The minimum atomic E-state index is -0.108. The number of nitrogens with zero attached hydrogens (tertiary/aromatic N) is 4. The molecule has 0 bridgehead atoms. The highest BCUT2D eigenvalue weighted by atomic mass is 15.0. The van der Waals surface area contributed by atoms with E-state index in [1.54, 1.807) is 0 Å². The second-order valence-electron chi connectivity index (χ2n) is 30.6. The predicted octanol–water partition coefficient (Wildman–Crippen LogP) is 27.3. The van der Waals surface area contributed by atoms with E-state index in [0.717, 1.165) is 11.4 Å². The van der Waals surface area contributed by atoms with Gasteiger partial charge in [-0.3, -0.25) is 0 Å². The molecule has 2 aliphatic carbocycles. The summed E-state index contributed by atoms with van der Waals surface area (Å²) in [5, 5.41) is 25.7. The SMILES string of the molecule is CC1(C)c2ccccc2-c2cc3c4cc5c6ccccc6c6ccccc6c5cc4n(-c4ccc5c(c4)c4ccccc4n5-c4ccccc4)c3cc21.CC1(C)c2ccccc2-c2cc3c4cc5c6ccccc6c6ccccc6c5cc4n(-c4cccc(-n5c6ccccc6c6ccccc65)c4)c3cc21. The molecule has 4 heterocycles. The van der Waals surface area contributed by atoms with Crippen LogP contribution in [0.2, 0.25) is 0 Å². The van der Waals surface area contributed by atoms with E-state index in [-0.39, 0.29) is 10.8 Å². The highest BCUT2D eigenvalue weighted by Crippen LogP contribution is 2.55. The lowest BCUT2D eigenvalue weighted by Gasteiger charge is -2.21. The number of aromatic nitrogens is 4. The third-order valence-electron chi connectivity index (χ3n) is 24.5. The average molecular weight is 1350 g/mol. The molecule has 106 heavy (non-hydrogen) atoms. The summed E-state index contributed by atoms with van der Waals surface area (Å²) >= 11 is 0. The van der Waals surface area contributed by atoms with E-state index in [0.29, 0.717) is 0 Å². The van der Waals surface area contributed by atoms with Gasteiger partial charge in [0.15, 0.2) is 0 Å². The van der Waals surface area contributed by atoms with Crippen LogP contribution in [-0.2, 0) is 10.8 Å². The van der Waals surface area contributed by atoms with Crippen molar-refractivity contribution in [2.45, 2.75) is 38.5 Å². The third kappa shape index (κ3) is 8.08. The maximum atomic E-state index is 2.54. The van der Waals surface area contributed by atoms with Crippen LogP contribution in [0.5, 0.6) is 0 Å². The van der Waals surface area contributed by atoms with Crippen molar-refractivity contribution in [3.8, 4) is 45.0 Å². The molecular weight excluding hydrogens is 1280 g/mol. The Morgan fingerprint density at radius 1 is 0.151 bits per heavy atom. The van der Waals surface area contributed by atoms with E-state index in [9.17, 15) is 0 Å². The van der Waals surface area contributed by atoms with Gasteiger partial charge in [0.25, 0.3) is 0 Å². The first-order valence-electron chi connectivity index (χ1n) is 37.2. The van der Waals surface area contributed by atoms with Gasteiger partial charge in [-0.1, -0.05) is 252 Å². The Kier molecular flexibility index (Phi) is 12.1. The normalized spacial score (nSPS) is 13.6. The summed E-state index contributed by atoms with van der Waals surface area (Å²) in [6, 6.07) is 127. The summed E-state index contributed by atoms with van der Waals surface area (Å²) in [5.74, 6) is 0. The summed E-state index contributed by atoms with van der Waals surface area (Å²) < 4.78 is 9.90. The van der Waals surface area contributed by atoms with E-state index < -0.39 is 0 Å². The van der Waals surface area contributed by atoms with Gasteiger partial charge in [-0.25, -0.2) is 0 Å². The van der Waals surface area contributed by atoms with Gasteiger partial charge in [-0.2, -0.15) is 0 Å².